The van der Waals surface area contributed by atoms with Crippen molar-refractivity contribution in [2.75, 3.05) is 6.61 Å². The van der Waals surface area contributed by atoms with Crippen LogP contribution in [-0.2, 0) is 9.53 Å². The lowest BCUT2D eigenvalue weighted by Gasteiger charge is -2.35. The Hall–Kier alpha value is -0.690. The minimum Gasteiger partial charge on any atom is -0.388 e. The zero-order valence-electron chi connectivity index (χ0n) is 7.17. The van der Waals surface area contributed by atoms with Crippen molar-refractivity contribution in [2.24, 2.45) is 0 Å². The van der Waals surface area contributed by atoms with Crippen molar-refractivity contribution in [2.45, 2.75) is 31.5 Å². The first-order valence-electron chi connectivity index (χ1n) is 3.95. The number of ether oxygens (including phenoxy) is 1. The summed E-state index contributed by atoms with van der Waals surface area (Å²) in [6, 6.07) is 0. The van der Waals surface area contributed by atoms with Gasteiger partial charge in [-0.05, 0) is 0 Å². The number of hydrogen-bond donors (Lipinski definition) is 4. The van der Waals surface area contributed by atoms with Gasteiger partial charge in [-0.25, -0.2) is 0 Å². The second-order valence-electron chi connectivity index (χ2n) is 3.00. The number of carbonyl (C=O) groups is 1. The quantitative estimate of drug-likeness (QED) is 0.369. The van der Waals surface area contributed by atoms with Gasteiger partial charge in [-0.2, -0.15) is 0 Å². The summed E-state index contributed by atoms with van der Waals surface area (Å²) in [5.41, 5.74) is 0. The minimum absolute atomic E-state index is 0.108. The van der Waals surface area contributed by atoms with E-state index in [1.54, 1.807) is 0 Å². The van der Waals surface area contributed by atoms with Gasteiger partial charge < -0.3 is 25.4 Å². The molecule has 0 radical (unpaired) electrons. The summed E-state index contributed by atoms with van der Waals surface area (Å²) in [7, 11) is 0. The summed E-state index contributed by atoms with van der Waals surface area (Å²) in [6.45, 7) is 1.16. The lowest BCUT2D eigenvalue weighted by atomic mass is 10.0. The molecule has 76 valence electrons. The second kappa shape index (κ2) is 4.01. The van der Waals surface area contributed by atoms with E-state index in [4.69, 9.17) is 9.84 Å². The van der Waals surface area contributed by atoms with Crippen LogP contribution < -0.4 is 5.32 Å². The Morgan fingerprint density at radius 2 is 2.00 bits per heavy atom. The molecule has 0 aromatic rings. The van der Waals surface area contributed by atoms with Crippen LogP contribution in [0, 0.1) is 0 Å². The fourth-order valence-corrected chi connectivity index (χ4v) is 1.13. The molecule has 4 atom stereocenters. The Kier molecular flexibility index (Phi) is 3.21. The molecule has 0 aromatic carbocycles. The smallest absolute Gasteiger partial charge is 0.218 e. The van der Waals surface area contributed by atoms with Crippen LogP contribution in [0.15, 0.2) is 0 Å². The average molecular weight is 191 g/mol. The Balaban J connectivity index is 2.53. The first-order valence-corrected chi connectivity index (χ1v) is 3.95. The van der Waals surface area contributed by atoms with E-state index in [-0.39, 0.29) is 12.5 Å². The molecule has 0 saturated carbocycles. The zero-order chi connectivity index (χ0) is 10.0. The van der Waals surface area contributed by atoms with Gasteiger partial charge in [-0.3, -0.25) is 4.79 Å². The van der Waals surface area contributed by atoms with Gasteiger partial charge in [0.2, 0.25) is 5.91 Å². The topological polar surface area (TPSA) is 99.0 Å². The predicted molar refractivity (Wildman–Crippen MR) is 41.6 cm³/mol. The van der Waals surface area contributed by atoms with Crippen LogP contribution in [0.3, 0.4) is 0 Å². The zero-order valence-corrected chi connectivity index (χ0v) is 7.17. The third-order valence-corrected chi connectivity index (χ3v) is 1.85. The molecule has 0 aliphatic carbocycles. The Bertz CT molecular complexity index is 197. The van der Waals surface area contributed by atoms with Gasteiger partial charge in [0.25, 0.3) is 0 Å². The van der Waals surface area contributed by atoms with Crippen molar-refractivity contribution >= 4 is 5.91 Å². The first-order chi connectivity index (χ1) is 6.02. The van der Waals surface area contributed by atoms with E-state index in [2.05, 4.69) is 5.32 Å². The van der Waals surface area contributed by atoms with Crippen LogP contribution in [0.5, 0.6) is 0 Å². The molecule has 13 heavy (non-hydrogen) atoms. The first kappa shape index (κ1) is 10.4. The lowest BCUT2D eigenvalue weighted by Crippen LogP contribution is -2.58. The minimum atomic E-state index is -1.30. The maximum atomic E-state index is 10.6. The van der Waals surface area contributed by atoms with Crippen molar-refractivity contribution in [1.82, 2.24) is 5.32 Å². The molecule has 4 N–H and O–H groups in total. The van der Waals surface area contributed by atoms with Crippen LogP contribution in [0.25, 0.3) is 0 Å². The highest BCUT2D eigenvalue weighted by Crippen LogP contribution is 2.13. The third-order valence-electron chi connectivity index (χ3n) is 1.85. The van der Waals surface area contributed by atoms with Gasteiger partial charge in [0.15, 0.2) is 6.23 Å². The number of amides is 1. The Morgan fingerprint density at radius 1 is 1.38 bits per heavy atom. The predicted octanol–water partition coefficient (Wildman–Crippen LogP) is -2.44. The molecule has 1 saturated heterocycles. The molecule has 1 unspecified atom stereocenters. The normalized spacial score (nSPS) is 40.0. The summed E-state index contributed by atoms with van der Waals surface area (Å²) in [5.74, 6) is -0.368. The molecule has 0 aromatic heterocycles. The van der Waals surface area contributed by atoms with Gasteiger partial charge in [-0.1, -0.05) is 0 Å². The molecular formula is C7H13NO5. The van der Waals surface area contributed by atoms with E-state index in [0.717, 1.165) is 0 Å². The van der Waals surface area contributed by atoms with Gasteiger partial charge in [0.05, 0.1) is 6.61 Å². The molecule has 1 fully saturated rings. The monoisotopic (exact) mass is 191 g/mol. The van der Waals surface area contributed by atoms with Gasteiger partial charge in [0, 0.05) is 6.92 Å². The van der Waals surface area contributed by atoms with Gasteiger partial charge >= 0.3 is 0 Å². The summed E-state index contributed by atoms with van der Waals surface area (Å²) >= 11 is 0. The molecule has 1 amide bonds. The highest BCUT2D eigenvalue weighted by atomic mass is 16.5. The number of aliphatic hydroxyl groups excluding tert-OH is 3. The van der Waals surface area contributed by atoms with E-state index in [1.165, 1.54) is 6.92 Å². The number of hydrogen-bond acceptors (Lipinski definition) is 5. The SMILES string of the molecule is CC(=O)NC1OC[C@@H](O)[C@H](O)[C@H]1O. The highest BCUT2D eigenvalue weighted by molar-refractivity contribution is 5.73. The van der Waals surface area contributed by atoms with Crippen molar-refractivity contribution in [1.29, 1.82) is 0 Å². The lowest BCUT2D eigenvalue weighted by molar-refractivity contribution is -0.196. The maximum absolute atomic E-state index is 10.6. The van der Waals surface area contributed by atoms with Crippen LogP contribution in [0.1, 0.15) is 6.92 Å². The van der Waals surface area contributed by atoms with E-state index in [0.29, 0.717) is 0 Å². The van der Waals surface area contributed by atoms with E-state index >= 15 is 0 Å². The fraction of sp³-hybridized carbons (Fsp3) is 0.857. The van der Waals surface area contributed by atoms with Crippen LogP contribution in [0.2, 0.25) is 0 Å². The van der Waals surface area contributed by atoms with E-state index < -0.39 is 24.5 Å². The molecule has 0 spiro atoms. The largest absolute Gasteiger partial charge is 0.388 e. The number of rotatable bonds is 1. The molecule has 6 heteroatoms. The summed E-state index contributed by atoms with van der Waals surface area (Å²) in [4.78, 5) is 10.6. The third kappa shape index (κ3) is 2.38. The van der Waals surface area contributed by atoms with Crippen LogP contribution in [0.4, 0.5) is 0 Å². The molecule has 1 aliphatic heterocycles. The number of carbonyl (C=O) groups excluding carboxylic acids is 1. The molecule has 1 aliphatic rings. The molecule has 6 nitrogen and oxygen atoms in total. The Labute approximate surface area is 75.1 Å². The van der Waals surface area contributed by atoms with Crippen molar-refractivity contribution < 1.29 is 24.9 Å². The van der Waals surface area contributed by atoms with Crippen LogP contribution in [-0.4, -0.2) is 52.4 Å². The van der Waals surface area contributed by atoms with Gasteiger partial charge in [-0.15, -0.1) is 0 Å². The van der Waals surface area contributed by atoms with Crippen molar-refractivity contribution in [3.63, 3.8) is 0 Å². The summed E-state index contributed by atoms with van der Waals surface area (Å²) in [5, 5.41) is 29.9. The molecule has 1 heterocycles. The van der Waals surface area contributed by atoms with Crippen molar-refractivity contribution in [3.05, 3.63) is 0 Å². The van der Waals surface area contributed by atoms with Gasteiger partial charge in [0.1, 0.15) is 18.3 Å². The summed E-state index contributed by atoms with van der Waals surface area (Å²) in [6.07, 6.45) is -4.64. The maximum Gasteiger partial charge on any atom is 0.218 e. The van der Waals surface area contributed by atoms with E-state index in [1.807, 2.05) is 0 Å². The fourth-order valence-electron chi connectivity index (χ4n) is 1.13. The highest BCUT2D eigenvalue weighted by Gasteiger charge is 2.37. The second-order valence-corrected chi connectivity index (χ2v) is 3.00. The molecule has 0 bridgehead atoms. The number of aliphatic hydroxyl groups is 3. The Morgan fingerprint density at radius 3 is 2.54 bits per heavy atom. The molecule has 1 rings (SSSR count). The van der Waals surface area contributed by atoms with Crippen molar-refractivity contribution in [3.8, 4) is 0 Å². The molecular weight excluding hydrogens is 178 g/mol. The van der Waals surface area contributed by atoms with Crippen LogP contribution >= 0.6 is 0 Å². The standard InChI is InChI=1S/C7H13NO5/c1-3(9)8-7-6(12)5(11)4(10)2-13-7/h4-7,10-12H,2H2,1H3,(H,8,9)/t4-,5+,6-,7?/m1/s1. The average Bonchev–Trinajstić information content (AvgIpc) is 2.06. The summed E-state index contributed by atoms with van der Waals surface area (Å²) < 4.78 is 4.89. The number of nitrogens with one attached hydrogen (secondary N) is 1. The van der Waals surface area contributed by atoms with E-state index in [9.17, 15) is 15.0 Å².